The maximum absolute atomic E-state index is 5.70. The van der Waals surface area contributed by atoms with Crippen molar-refractivity contribution in [1.82, 2.24) is 0 Å². The summed E-state index contributed by atoms with van der Waals surface area (Å²) in [4.78, 5) is 4.55. The molecule has 0 aliphatic carbocycles. The second-order valence-electron chi connectivity index (χ2n) is 10.7. The third-order valence-corrected chi connectivity index (χ3v) is 12.2. The third kappa shape index (κ3) is 4.26. The molecule has 8 heterocycles. The van der Waals surface area contributed by atoms with Crippen LogP contribution in [-0.4, -0.2) is 0 Å². The quantitative estimate of drug-likeness (QED) is 0.168. The Morgan fingerprint density at radius 1 is 0.348 bits per heavy atom. The molecule has 10 rings (SSSR count). The molecule has 0 radical (unpaired) electrons. The van der Waals surface area contributed by atoms with Crippen molar-refractivity contribution in [3.05, 3.63) is 122 Å². The van der Waals surface area contributed by atoms with Crippen molar-refractivity contribution in [3.8, 4) is 11.1 Å². The van der Waals surface area contributed by atoms with E-state index in [9.17, 15) is 0 Å². The van der Waals surface area contributed by atoms with Crippen LogP contribution < -0.4 is 9.80 Å². The molecule has 0 aliphatic rings. The first-order chi connectivity index (χ1) is 22.7. The molecule has 46 heavy (non-hydrogen) atoms. The summed E-state index contributed by atoms with van der Waals surface area (Å²) in [6, 6.07) is 34.0. The molecule has 0 N–H and O–H groups in total. The van der Waals surface area contributed by atoms with Crippen LogP contribution in [-0.2, 0) is 0 Å². The predicted octanol–water partition coefficient (Wildman–Crippen LogP) is 13.5. The number of benzene rings is 2. The van der Waals surface area contributed by atoms with E-state index in [0.717, 1.165) is 83.6 Å². The summed E-state index contributed by atoms with van der Waals surface area (Å²) in [6.07, 6.45) is 6.96. The van der Waals surface area contributed by atoms with Crippen molar-refractivity contribution in [2.45, 2.75) is 0 Å². The highest BCUT2D eigenvalue weighted by molar-refractivity contribution is 7.25. The Balaban J connectivity index is 1.000. The van der Waals surface area contributed by atoms with Crippen molar-refractivity contribution < 1.29 is 17.7 Å². The van der Waals surface area contributed by atoms with Gasteiger partial charge in [-0.3, -0.25) is 9.80 Å². The summed E-state index contributed by atoms with van der Waals surface area (Å²) >= 11 is 6.85. The fraction of sp³-hybridized carbons (Fsp3) is 0. The topological polar surface area (TPSA) is 59.0 Å². The van der Waals surface area contributed by atoms with E-state index < -0.39 is 0 Å². The number of hydrogen-bond acceptors (Lipinski definition) is 10. The van der Waals surface area contributed by atoms with Crippen LogP contribution >= 0.6 is 45.3 Å². The van der Waals surface area contributed by atoms with E-state index in [1.54, 1.807) is 70.4 Å². The van der Waals surface area contributed by atoms with Crippen LogP contribution in [0.3, 0.4) is 0 Å². The van der Waals surface area contributed by atoms with Gasteiger partial charge >= 0.3 is 0 Å². The lowest BCUT2D eigenvalue weighted by molar-refractivity contribution is 0.616. The van der Waals surface area contributed by atoms with E-state index in [1.807, 2.05) is 24.3 Å². The maximum Gasteiger partial charge on any atom is 0.146 e. The zero-order chi connectivity index (χ0) is 30.2. The zero-order valence-corrected chi connectivity index (χ0v) is 27.0. The molecule has 0 unspecified atom stereocenters. The van der Waals surface area contributed by atoms with Gasteiger partial charge in [0.05, 0.1) is 43.9 Å². The maximum atomic E-state index is 5.70. The summed E-state index contributed by atoms with van der Waals surface area (Å²) in [6.45, 7) is 0. The molecule has 0 bridgehead atoms. The van der Waals surface area contributed by atoms with Crippen LogP contribution in [0.25, 0.3) is 52.3 Å². The largest absolute Gasteiger partial charge is 0.463 e. The molecule has 0 amide bonds. The highest BCUT2D eigenvalue weighted by Gasteiger charge is 2.21. The number of nitrogens with zero attached hydrogens (tertiary/aromatic N) is 2. The first kappa shape index (κ1) is 26.2. The number of anilines is 6. The summed E-state index contributed by atoms with van der Waals surface area (Å²) in [5.74, 6) is 0. The monoisotopic (exact) mass is 672 g/mol. The Labute approximate surface area is 277 Å². The Hall–Kier alpha value is -5.00. The first-order valence-corrected chi connectivity index (χ1v) is 17.7. The molecular weight excluding hydrogens is 653 g/mol. The normalized spacial score (nSPS) is 11.9. The molecule has 0 spiro atoms. The third-order valence-electron chi connectivity index (χ3n) is 7.97. The molecule has 0 fully saturated rings. The molecular formula is C36H20N2O4S4. The second-order valence-corrected chi connectivity index (χ2v) is 14.9. The number of rotatable bonds is 7. The lowest BCUT2D eigenvalue weighted by Crippen LogP contribution is -2.06. The molecule has 0 saturated carbocycles. The zero-order valence-electron chi connectivity index (χ0n) is 23.7. The van der Waals surface area contributed by atoms with Gasteiger partial charge in [0.1, 0.15) is 42.3 Å². The smallest absolute Gasteiger partial charge is 0.146 e. The average Bonchev–Trinajstić information content (AvgIpc) is 3.89. The minimum Gasteiger partial charge on any atom is -0.463 e. The first-order valence-electron chi connectivity index (χ1n) is 14.4. The van der Waals surface area contributed by atoms with Crippen LogP contribution in [0.2, 0.25) is 0 Å². The van der Waals surface area contributed by atoms with Gasteiger partial charge in [0.25, 0.3) is 0 Å². The van der Waals surface area contributed by atoms with Gasteiger partial charge in [-0.1, -0.05) is 24.3 Å². The van der Waals surface area contributed by atoms with Crippen molar-refractivity contribution >= 4 is 118 Å². The SMILES string of the molecule is c1cc2sc(N(c3ccc(-c4ccc(N(c5cc6occc6s5)c5cc6occc6s5)cc4)cc3)c3cc4occc4s3)cc2o1. The lowest BCUT2D eigenvalue weighted by Gasteiger charge is -2.22. The fourth-order valence-corrected chi connectivity index (χ4v) is 9.97. The molecule has 0 aliphatic heterocycles. The number of furan rings is 4. The van der Waals surface area contributed by atoms with E-state index >= 15 is 0 Å². The molecule has 2 aromatic carbocycles. The van der Waals surface area contributed by atoms with Crippen LogP contribution in [0.4, 0.5) is 31.4 Å². The van der Waals surface area contributed by atoms with E-state index in [2.05, 4.69) is 82.6 Å². The van der Waals surface area contributed by atoms with Crippen molar-refractivity contribution in [2.75, 3.05) is 9.80 Å². The highest BCUT2D eigenvalue weighted by Crippen LogP contribution is 2.48. The van der Waals surface area contributed by atoms with Crippen LogP contribution in [0, 0.1) is 0 Å². The molecule has 10 aromatic rings. The van der Waals surface area contributed by atoms with Crippen molar-refractivity contribution in [2.24, 2.45) is 0 Å². The predicted molar refractivity (Wildman–Crippen MR) is 192 cm³/mol. The molecule has 0 saturated heterocycles. The molecule has 8 aromatic heterocycles. The number of hydrogen-bond donors (Lipinski definition) is 0. The van der Waals surface area contributed by atoms with E-state index in [4.69, 9.17) is 17.7 Å². The summed E-state index contributed by atoms with van der Waals surface area (Å²) in [5, 5.41) is 4.38. The average molecular weight is 673 g/mol. The van der Waals surface area contributed by atoms with Crippen molar-refractivity contribution in [1.29, 1.82) is 0 Å². The van der Waals surface area contributed by atoms with Gasteiger partial charge in [0, 0.05) is 35.6 Å². The van der Waals surface area contributed by atoms with Gasteiger partial charge in [-0.2, -0.15) is 0 Å². The molecule has 222 valence electrons. The van der Waals surface area contributed by atoms with Gasteiger partial charge < -0.3 is 17.7 Å². The van der Waals surface area contributed by atoms with E-state index in [-0.39, 0.29) is 0 Å². The van der Waals surface area contributed by atoms with Gasteiger partial charge in [0.15, 0.2) is 0 Å². The van der Waals surface area contributed by atoms with Crippen molar-refractivity contribution in [3.63, 3.8) is 0 Å². The second kappa shape index (κ2) is 10.3. The Morgan fingerprint density at radius 2 is 0.630 bits per heavy atom. The van der Waals surface area contributed by atoms with Gasteiger partial charge in [-0.25, -0.2) is 0 Å². The van der Waals surface area contributed by atoms with Crippen LogP contribution in [0.1, 0.15) is 0 Å². The van der Waals surface area contributed by atoms with Gasteiger partial charge in [0.2, 0.25) is 0 Å². The number of fused-ring (bicyclic) bond motifs is 4. The fourth-order valence-electron chi connectivity index (χ4n) is 5.79. The van der Waals surface area contributed by atoms with E-state index in [1.165, 1.54) is 0 Å². The van der Waals surface area contributed by atoms with E-state index in [0.29, 0.717) is 0 Å². The Kier molecular flexibility index (Phi) is 5.85. The Bertz CT molecular complexity index is 2190. The molecule has 6 nitrogen and oxygen atoms in total. The minimum atomic E-state index is 0.892. The van der Waals surface area contributed by atoms with Crippen LogP contribution in [0.5, 0.6) is 0 Å². The Morgan fingerprint density at radius 3 is 0.891 bits per heavy atom. The highest BCUT2D eigenvalue weighted by atomic mass is 32.1. The lowest BCUT2D eigenvalue weighted by atomic mass is 10.0. The molecule has 0 atom stereocenters. The van der Waals surface area contributed by atoms with Gasteiger partial charge in [-0.05, 0) is 59.7 Å². The summed E-state index contributed by atoms with van der Waals surface area (Å²) in [5.41, 5.74) is 8.00. The number of thiophene rings is 4. The van der Waals surface area contributed by atoms with Crippen LogP contribution in [0.15, 0.2) is 140 Å². The van der Waals surface area contributed by atoms with Gasteiger partial charge in [-0.15, -0.1) is 45.3 Å². The standard InChI is InChI=1S/C36H20N2O4S4/c1-5-23(37(33-17-25-29(43-33)9-13-39-25)34-18-26-30(44-34)10-14-40-26)6-2-21(1)22-3-7-24(8-4-22)38(35-19-27-31(45-35)11-15-41-27)36-20-28-32(46-36)12-16-42-28/h1-20H. The summed E-state index contributed by atoms with van der Waals surface area (Å²) < 4.78 is 27.3. The summed E-state index contributed by atoms with van der Waals surface area (Å²) in [7, 11) is 0. The minimum absolute atomic E-state index is 0.892. The molecule has 10 heteroatoms.